The molecular formula is C14H21NO. The van der Waals surface area contributed by atoms with Crippen LogP contribution in [0.5, 0.6) is 0 Å². The zero-order chi connectivity index (χ0) is 11.8. The van der Waals surface area contributed by atoms with E-state index in [1.807, 2.05) is 0 Å². The number of rotatable bonds is 4. The molecule has 0 aromatic heterocycles. The average molecular weight is 219 g/mol. The van der Waals surface area contributed by atoms with Crippen LogP contribution in [0.25, 0.3) is 0 Å². The molecule has 1 aliphatic rings. The quantitative estimate of drug-likeness (QED) is 0.841. The first-order chi connectivity index (χ1) is 7.56. The molecule has 16 heavy (non-hydrogen) atoms. The normalized spacial score (nSPS) is 17.2. The van der Waals surface area contributed by atoms with Gasteiger partial charge in [0.05, 0.1) is 6.61 Å². The summed E-state index contributed by atoms with van der Waals surface area (Å²) < 4.78 is 0. The van der Waals surface area contributed by atoms with E-state index >= 15 is 0 Å². The van der Waals surface area contributed by atoms with E-state index in [-0.39, 0.29) is 5.41 Å². The molecule has 2 nitrogen and oxygen atoms in total. The van der Waals surface area contributed by atoms with Gasteiger partial charge < -0.3 is 10.0 Å². The number of benzene rings is 1. The molecule has 1 aliphatic carbocycles. The van der Waals surface area contributed by atoms with Gasteiger partial charge in [0.15, 0.2) is 0 Å². The first-order valence-corrected chi connectivity index (χ1v) is 5.96. The second kappa shape index (κ2) is 4.10. The average Bonchev–Trinajstić information content (AvgIpc) is 2.98. The van der Waals surface area contributed by atoms with Crippen molar-refractivity contribution in [3.63, 3.8) is 0 Å². The van der Waals surface area contributed by atoms with Crippen LogP contribution in [0.1, 0.15) is 24.0 Å². The molecule has 2 rings (SSSR count). The van der Waals surface area contributed by atoms with Gasteiger partial charge in [-0.25, -0.2) is 0 Å². The van der Waals surface area contributed by atoms with Crippen molar-refractivity contribution in [1.82, 2.24) is 0 Å². The molecule has 0 heterocycles. The third-order valence-electron chi connectivity index (χ3n) is 3.63. The van der Waals surface area contributed by atoms with E-state index in [9.17, 15) is 5.11 Å². The lowest BCUT2D eigenvalue weighted by molar-refractivity contribution is 0.215. The Hall–Kier alpha value is -1.02. The lowest BCUT2D eigenvalue weighted by Gasteiger charge is -2.26. The molecule has 0 amide bonds. The van der Waals surface area contributed by atoms with Gasteiger partial charge in [0.2, 0.25) is 0 Å². The van der Waals surface area contributed by atoms with Gasteiger partial charge in [-0.3, -0.25) is 0 Å². The summed E-state index contributed by atoms with van der Waals surface area (Å²) in [6.45, 7) is 5.56. The number of hydrogen-bond donors (Lipinski definition) is 1. The van der Waals surface area contributed by atoms with Crippen LogP contribution in [-0.4, -0.2) is 25.3 Å². The van der Waals surface area contributed by atoms with Crippen LogP contribution in [0, 0.1) is 19.3 Å². The van der Waals surface area contributed by atoms with E-state index in [0.717, 1.165) is 6.54 Å². The maximum atomic E-state index is 9.34. The van der Waals surface area contributed by atoms with Crippen LogP contribution in [0.15, 0.2) is 18.2 Å². The topological polar surface area (TPSA) is 23.5 Å². The molecule has 1 fully saturated rings. The summed E-state index contributed by atoms with van der Waals surface area (Å²) in [6, 6.07) is 6.54. The number of nitrogens with zero attached hydrogens (tertiary/aromatic N) is 1. The van der Waals surface area contributed by atoms with Gasteiger partial charge in [-0.2, -0.15) is 0 Å². The van der Waals surface area contributed by atoms with E-state index in [1.54, 1.807) is 0 Å². The van der Waals surface area contributed by atoms with Gasteiger partial charge in [0.1, 0.15) is 0 Å². The van der Waals surface area contributed by atoms with Crippen molar-refractivity contribution in [3.05, 3.63) is 29.3 Å². The molecular weight excluding hydrogens is 198 g/mol. The van der Waals surface area contributed by atoms with Gasteiger partial charge in [-0.15, -0.1) is 0 Å². The summed E-state index contributed by atoms with van der Waals surface area (Å²) in [4.78, 5) is 2.28. The predicted molar refractivity (Wildman–Crippen MR) is 67.9 cm³/mol. The van der Waals surface area contributed by atoms with E-state index in [4.69, 9.17) is 0 Å². The lowest BCUT2D eigenvalue weighted by atomic mass is 10.1. The van der Waals surface area contributed by atoms with Crippen molar-refractivity contribution < 1.29 is 5.11 Å². The van der Waals surface area contributed by atoms with Crippen molar-refractivity contribution in [2.24, 2.45) is 5.41 Å². The summed E-state index contributed by atoms with van der Waals surface area (Å²) >= 11 is 0. The van der Waals surface area contributed by atoms with Crippen LogP contribution < -0.4 is 4.90 Å². The highest BCUT2D eigenvalue weighted by molar-refractivity contribution is 5.54. The predicted octanol–water partition coefficient (Wildman–Crippen LogP) is 2.51. The van der Waals surface area contributed by atoms with Crippen LogP contribution in [0.2, 0.25) is 0 Å². The largest absolute Gasteiger partial charge is 0.396 e. The molecule has 0 aliphatic heterocycles. The third-order valence-corrected chi connectivity index (χ3v) is 3.63. The van der Waals surface area contributed by atoms with E-state index in [0.29, 0.717) is 6.61 Å². The van der Waals surface area contributed by atoms with E-state index in [1.165, 1.54) is 29.7 Å². The van der Waals surface area contributed by atoms with Crippen molar-refractivity contribution in [2.75, 3.05) is 25.1 Å². The molecule has 1 aromatic carbocycles. The number of aliphatic hydroxyl groups excluding tert-OH is 1. The van der Waals surface area contributed by atoms with Crippen molar-refractivity contribution in [2.45, 2.75) is 26.7 Å². The maximum absolute atomic E-state index is 9.34. The summed E-state index contributed by atoms with van der Waals surface area (Å²) in [5.41, 5.74) is 4.09. The molecule has 88 valence electrons. The molecule has 1 saturated carbocycles. The lowest BCUT2D eigenvalue weighted by Crippen LogP contribution is -2.29. The molecule has 0 bridgehead atoms. The molecule has 1 N–H and O–H groups in total. The highest BCUT2D eigenvalue weighted by atomic mass is 16.3. The maximum Gasteiger partial charge on any atom is 0.0504 e. The van der Waals surface area contributed by atoms with Gasteiger partial charge in [-0.05, 0) is 38.3 Å². The minimum atomic E-state index is 0.187. The zero-order valence-electron chi connectivity index (χ0n) is 10.5. The van der Waals surface area contributed by atoms with Gasteiger partial charge in [-0.1, -0.05) is 17.7 Å². The summed E-state index contributed by atoms with van der Waals surface area (Å²) in [6.07, 6.45) is 2.33. The Morgan fingerprint density at radius 1 is 1.31 bits per heavy atom. The van der Waals surface area contributed by atoms with Crippen molar-refractivity contribution in [3.8, 4) is 0 Å². The zero-order valence-corrected chi connectivity index (χ0v) is 10.5. The fourth-order valence-electron chi connectivity index (χ4n) is 2.36. The van der Waals surface area contributed by atoms with Crippen molar-refractivity contribution in [1.29, 1.82) is 0 Å². The first kappa shape index (κ1) is 11.5. The Labute approximate surface area is 97.9 Å². The Morgan fingerprint density at radius 3 is 2.50 bits per heavy atom. The third kappa shape index (κ3) is 2.22. The smallest absolute Gasteiger partial charge is 0.0504 e. The summed E-state index contributed by atoms with van der Waals surface area (Å²) in [7, 11) is 2.12. The Kier molecular flexibility index (Phi) is 2.94. The van der Waals surface area contributed by atoms with Crippen LogP contribution in [0.3, 0.4) is 0 Å². The standard InChI is InChI=1S/C14H21NO/c1-11-4-5-13(12(2)8-11)15(3)9-14(10-16)6-7-14/h4-5,8,16H,6-7,9-10H2,1-3H3. The fourth-order valence-corrected chi connectivity index (χ4v) is 2.36. The SMILES string of the molecule is Cc1ccc(N(C)CC2(CO)CC2)c(C)c1. The van der Waals surface area contributed by atoms with Gasteiger partial charge in [0.25, 0.3) is 0 Å². The van der Waals surface area contributed by atoms with Gasteiger partial charge in [0, 0.05) is 24.7 Å². The number of anilines is 1. The molecule has 0 saturated heterocycles. The van der Waals surface area contributed by atoms with Crippen LogP contribution in [0.4, 0.5) is 5.69 Å². The molecule has 0 atom stereocenters. The number of aliphatic hydroxyl groups is 1. The van der Waals surface area contributed by atoms with E-state index < -0.39 is 0 Å². The summed E-state index contributed by atoms with van der Waals surface area (Å²) in [5.74, 6) is 0. The molecule has 1 aromatic rings. The minimum absolute atomic E-state index is 0.187. The highest BCUT2D eigenvalue weighted by Crippen LogP contribution is 2.46. The monoisotopic (exact) mass is 219 g/mol. The Bertz CT molecular complexity index is 382. The second-order valence-electron chi connectivity index (χ2n) is 5.30. The second-order valence-corrected chi connectivity index (χ2v) is 5.30. The summed E-state index contributed by atoms with van der Waals surface area (Å²) in [5, 5.41) is 9.34. The molecule has 0 spiro atoms. The number of aryl methyl sites for hydroxylation is 2. The van der Waals surface area contributed by atoms with Crippen LogP contribution >= 0.6 is 0 Å². The number of hydrogen-bond acceptors (Lipinski definition) is 2. The Morgan fingerprint density at radius 2 is 2.00 bits per heavy atom. The molecule has 0 unspecified atom stereocenters. The van der Waals surface area contributed by atoms with Crippen molar-refractivity contribution >= 4 is 5.69 Å². The highest BCUT2D eigenvalue weighted by Gasteiger charge is 2.42. The van der Waals surface area contributed by atoms with Gasteiger partial charge >= 0.3 is 0 Å². The van der Waals surface area contributed by atoms with E-state index in [2.05, 4.69) is 44.0 Å². The Balaban J connectivity index is 2.11. The molecule has 0 radical (unpaired) electrons. The molecule has 2 heteroatoms. The fraction of sp³-hybridized carbons (Fsp3) is 0.571. The minimum Gasteiger partial charge on any atom is -0.396 e. The first-order valence-electron chi connectivity index (χ1n) is 5.96. The van der Waals surface area contributed by atoms with Crippen LogP contribution in [-0.2, 0) is 0 Å².